The second-order valence-electron chi connectivity index (χ2n) is 4.01. The number of ether oxygens (including phenoxy) is 1. The van der Waals surface area contributed by atoms with Crippen LogP contribution >= 0.6 is 0 Å². The van der Waals surface area contributed by atoms with Crippen LogP contribution in [0.5, 0.6) is 5.75 Å². The smallest absolute Gasteiger partial charge is 0.204 e. The lowest BCUT2D eigenvalue weighted by atomic mass is 10.1. The Balaban J connectivity index is 2.44. The Hall–Kier alpha value is -2.73. The van der Waals surface area contributed by atoms with Crippen molar-refractivity contribution in [1.82, 2.24) is 0 Å². The van der Waals surface area contributed by atoms with Gasteiger partial charge in [-0.05, 0) is 24.3 Å². The highest BCUT2D eigenvalue weighted by Crippen LogP contribution is 2.25. The fraction of sp³-hybridized carbons (Fsp3) is 0.0625. The molecule has 0 spiro atoms. The summed E-state index contributed by atoms with van der Waals surface area (Å²) in [6.45, 7) is 1.67. The van der Waals surface area contributed by atoms with E-state index in [9.17, 15) is 4.79 Å². The third kappa shape index (κ3) is 1.84. The maximum absolute atomic E-state index is 12.5. The number of rotatable bonds is 1. The summed E-state index contributed by atoms with van der Waals surface area (Å²) in [7, 11) is 0. The van der Waals surface area contributed by atoms with Crippen molar-refractivity contribution >= 4 is 21.9 Å². The normalized spacial score (nSPS) is 10.2. The minimum absolute atomic E-state index is 0.106. The van der Waals surface area contributed by atoms with Gasteiger partial charge in [0.05, 0.1) is 5.39 Å². The summed E-state index contributed by atoms with van der Waals surface area (Å²) >= 11 is 0. The summed E-state index contributed by atoms with van der Waals surface area (Å²) in [5.41, 5.74) is 0.961. The van der Waals surface area contributed by atoms with Crippen molar-refractivity contribution in [3.05, 3.63) is 52.7 Å². The van der Waals surface area contributed by atoms with Crippen molar-refractivity contribution < 1.29 is 9.15 Å². The van der Waals surface area contributed by atoms with Crippen LogP contribution in [0.4, 0.5) is 0 Å². The Labute approximate surface area is 109 Å². The molecule has 3 heteroatoms. The van der Waals surface area contributed by atoms with Crippen molar-refractivity contribution in [1.29, 1.82) is 0 Å². The molecule has 3 nitrogen and oxygen atoms in total. The third-order valence-electron chi connectivity index (χ3n) is 2.83. The number of benzene rings is 2. The van der Waals surface area contributed by atoms with E-state index < -0.39 is 0 Å². The third-order valence-corrected chi connectivity index (χ3v) is 2.83. The van der Waals surface area contributed by atoms with E-state index in [0.29, 0.717) is 27.7 Å². The topological polar surface area (TPSA) is 39.4 Å². The van der Waals surface area contributed by atoms with Crippen molar-refractivity contribution in [3.63, 3.8) is 0 Å². The zero-order valence-electron chi connectivity index (χ0n) is 10.3. The summed E-state index contributed by atoms with van der Waals surface area (Å²) in [4.78, 5) is 12.5. The number of fused-ring (bicyclic) bond motifs is 2. The first-order valence-electron chi connectivity index (χ1n) is 5.84. The van der Waals surface area contributed by atoms with Crippen LogP contribution in [0.1, 0.15) is 6.92 Å². The quantitative estimate of drug-likeness (QED) is 0.491. The summed E-state index contributed by atoms with van der Waals surface area (Å²) in [5.74, 6) is 3.06. The van der Waals surface area contributed by atoms with Gasteiger partial charge in [-0.25, -0.2) is 0 Å². The van der Waals surface area contributed by atoms with Crippen LogP contribution in [0.3, 0.4) is 0 Å². The Morgan fingerprint density at radius 1 is 1.05 bits per heavy atom. The highest BCUT2D eigenvalue weighted by molar-refractivity contribution is 5.93. The molecular formula is C16H10O3. The van der Waals surface area contributed by atoms with Gasteiger partial charge in [0, 0.05) is 6.92 Å². The van der Waals surface area contributed by atoms with Gasteiger partial charge >= 0.3 is 0 Å². The average Bonchev–Trinajstić information content (AvgIpc) is 2.45. The number of para-hydroxylation sites is 1. The molecule has 0 saturated heterocycles. The van der Waals surface area contributed by atoms with Gasteiger partial charge in [0.25, 0.3) is 0 Å². The zero-order valence-corrected chi connectivity index (χ0v) is 10.3. The molecule has 0 aliphatic rings. The molecule has 0 amide bonds. The molecule has 19 heavy (non-hydrogen) atoms. The van der Waals surface area contributed by atoms with Gasteiger partial charge in [-0.1, -0.05) is 24.1 Å². The molecule has 0 aliphatic heterocycles. The molecule has 0 unspecified atom stereocenters. The first-order chi connectivity index (χ1) is 9.31. The highest BCUT2D eigenvalue weighted by Gasteiger charge is 2.11. The Kier molecular flexibility index (Phi) is 2.70. The van der Waals surface area contributed by atoms with Gasteiger partial charge in [-0.2, -0.15) is 0 Å². The van der Waals surface area contributed by atoms with Crippen LogP contribution in [0.25, 0.3) is 21.9 Å². The molecule has 3 rings (SSSR count). The van der Waals surface area contributed by atoms with Gasteiger partial charge in [0.1, 0.15) is 22.7 Å². The van der Waals surface area contributed by atoms with E-state index in [0.717, 1.165) is 0 Å². The molecule has 0 fully saturated rings. The molecule has 0 radical (unpaired) electrons. The van der Waals surface area contributed by atoms with Crippen LogP contribution in [0.2, 0.25) is 0 Å². The molecule has 3 aromatic rings. The van der Waals surface area contributed by atoms with Crippen molar-refractivity contribution in [2.24, 2.45) is 0 Å². The molecule has 0 aliphatic carbocycles. The fourth-order valence-corrected chi connectivity index (χ4v) is 2.01. The molecule has 2 aromatic carbocycles. The van der Waals surface area contributed by atoms with Crippen LogP contribution in [-0.2, 0) is 0 Å². The lowest BCUT2D eigenvalue weighted by Gasteiger charge is -2.04. The average molecular weight is 250 g/mol. The fourth-order valence-electron chi connectivity index (χ4n) is 2.01. The van der Waals surface area contributed by atoms with E-state index in [4.69, 9.17) is 9.15 Å². The maximum atomic E-state index is 12.5. The van der Waals surface area contributed by atoms with Crippen molar-refractivity contribution in [2.75, 3.05) is 0 Å². The molecule has 1 heterocycles. The van der Waals surface area contributed by atoms with E-state index in [1.807, 2.05) is 6.07 Å². The van der Waals surface area contributed by atoms with E-state index in [1.54, 1.807) is 43.3 Å². The van der Waals surface area contributed by atoms with Crippen LogP contribution in [-0.4, -0.2) is 0 Å². The first kappa shape index (κ1) is 11.4. The minimum atomic E-state index is -0.106. The molecule has 0 atom stereocenters. The zero-order chi connectivity index (χ0) is 13.2. The number of hydrogen-bond donors (Lipinski definition) is 0. The van der Waals surface area contributed by atoms with Gasteiger partial charge in [0.2, 0.25) is 5.43 Å². The second kappa shape index (κ2) is 4.51. The Bertz CT molecular complexity index is 879. The number of hydrogen-bond acceptors (Lipinski definition) is 3. The maximum Gasteiger partial charge on any atom is 0.204 e. The van der Waals surface area contributed by atoms with Gasteiger partial charge in [-0.3, -0.25) is 4.79 Å². The monoisotopic (exact) mass is 250 g/mol. The second-order valence-corrected chi connectivity index (χ2v) is 4.01. The first-order valence-corrected chi connectivity index (χ1v) is 5.84. The Morgan fingerprint density at radius 3 is 2.68 bits per heavy atom. The molecular weight excluding hydrogens is 240 g/mol. The summed E-state index contributed by atoms with van der Waals surface area (Å²) in [5, 5.41) is 0.958. The van der Waals surface area contributed by atoms with E-state index in [-0.39, 0.29) is 5.43 Å². The molecule has 0 bridgehead atoms. The van der Waals surface area contributed by atoms with Gasteiger partial charge in [-0.15, -0.1) is 0 Å². The SMILES string of the molecule is CC#COc1cccc2oc3ccccc3c(=O)c12. The van der Waals surface area contributed by atoms with E-state index in [2.05, 4.69) is 12.0 Å². The summed E-state index contributed by atoms with van der Waals surface area (Å²) in [6, 6.07) is 12.4. The largest absolute Gasteiger partial charge is 0.456 e. The molecule has 0 N–H and O–H groups in total. The van der Waals surface area contributed by atoms with Crippen LogP contribution < -0.4 is 10.2 Å². The lowest BCUT2D eigenvalue weighted by Crippen LogP contribution is -2.03. The minimum Gasteiger partial charge on any atom is -0.456 e. The lowest BCUT2D eigenvalue weighted by molar-refractivity contribution is 0.524. The van der Waals surface area contributed by atoms with Gasteiger partial charge in [0.15, 0.2) is 5.75 Å². The molecule has 0 saturated carbocycles. The summed E-state index contributed by atoms with van der Waals surface area (Å²) in [6.07, 6.45) is 2.50. The van der Waals surface area contributed by atoms with Crippen LogP contribution in [0, 0.1) is 12.0 Å². The van der Waals surface area contributed by atoms with E-state index in [1.165, 1.54) is 0 Å². The summed E-state index contributed by atoms with van der Waals surface area (Å²) < 4.78 is 11.0. The predicted molar refractivity (Wildman–Crippen MR) is 74.1 cm³/mol. The highest BCUT2D eigenvalue weighted by atomic mass is 16.5. The Morgan fingerprint density at radius 2 is 1.84 bits per heavy atom. The van der Waals surface area contributed by atoms with Crippen LogP contribution in [0.15, 0.2) is 51.7 Å². The predicted octanol–water partition coefficient (Wildman–Crippen LogP) is 3.31. The molecule has 1 aromatic heterocycles. The molecule has 92 valence electrons. The van der Waals surface area contributed by atoms with Gasteiger partial charge < -0.3 is 9.15 Å². The standard InChI is InChI=1S/C16H10O3/c1-2-10-18-13-8-5-9-14-15(13)16(17)11-6-3-4-7-12(11)19-14/h3-9H,1H3. The van der Waals surface area contributed by atoms with Crippen molar-refractivity contribution in [2.45, 2.75) is 6.92 Å². The van der Waals surface area contributed by atoms with Crippen molar-refractivity contribution in [3.8, 4) is 17.8 Å². The van der Waals surface area contributed by atoms with E-state index >= 15 is 0 Å².